The van der Waals surface area contributed by atoms with Crippen molar-refractivity contribution in [2.24, 2.45) is 0 Å². The lowest BCUT2D eigenvalue weighted by atomic mass is 10.0. The number of carbonyl (C=O) groups excluding carboxylic acids is 1. The number of rotatable bonds is 4. The van der Waals surface area contributed by atoms with E-state index >= 15 is 0 Å². The molecule has 6 rings (SSSR count). The van der Waals surface area contributed by atoms with Crippen molar-refractivity contribution in [2.45, 2.75) is 44.6 Å². The van der Waals surface area contributed by atoms with Crippen LogP contribution in [0.15, 0.2) is 29.0 Å². The smallest absolute Gasteiger partial charge is 0.241 e. The van der Waals surface area contributed by atoms with Gasteiger partial charge in [0.15, 0.2) is 0 Å². The first-order valence-electron chi connectivity index (χ1n) is 10.9. The molecule has 2 aromatic heterocycles. The lowest BCUT2D eigenvalue weighted by Crippen LogP contribution is -2.43. The molecule has 3 aliphatic rings. The van der Waals surface area contributed by atoms with Gasteiger partial charge in [-0.2, -0.15) is 4.98 Å². The molecule has 2 fully saturated rings. The standard InChI is InChI=1S/C22H23FN6O2/c1-13-20-19(21-25-22(31-26-21)14-4-5-14)24-12-28(20)16-7-6-15(23)10-17(16)29(13)18(30)11-27-8-2-3-9-27/h6-7,10,12-14H,2-5,8-9,11H2,1H3/t13-/m1/s1. The van der Waals surface area contributed by atoms with E-state index in [0.717, 1.165) is 44.5 Å². The Morgan fingerprint density at radius 3 is 2.81 bits per heavy atom. The number of likely N-dealkylation sites (tertiary alicyclic amines) is 1. The summed E-state index contributed by atoms with van der Waals surface area (Å²) >= 11 is 0. The van der Waals surface area contributed by atoms with Crippen LogP contribution in [-0.4, -0.2) is 50.1 Å². The zero-order chi connectivity index (χ0) is 21.1. The van der Waals surface area contributed by atoms with Gasteiger partial charge in [0.05, 0.1) is 29.7 Å². The minimum Gasteiger partial charge on any atom is -0.339 e. The van der Waals surface area contributed by atoms with Crippen molar-refractivity contribution in [3.05, 3.63) is 41.9 Å². The zero-order valence-corrected chi connectivity index (χ0v) is 17.3. The lowest BCUT2D eigenvalue weighted by Gasteiger charge is -2.37. The van der Waals surface area contributed by atoms with Gasteiger partial charge < -0.3 is 9.42 Å². The highest BCUT2D eigenvalue weighted by Gasteiger charge is 2.38. The first kappa shape index (κ1) is 18.7. The Hall–Kier alpha value is -3.07. The fourth-order valence-electron chi connectivity index (χ4n) is 4.73. The van der Waals surface area contributed by atoms with Gasteiger partial charge in [-0.15, -0.1) is 0 Å². The molecule has 1 amide bonds. The molecule has 1 aromatic carbocycles. The van der Waals surface area contributed by atoms with Crippen LogP contribution in [0.25, 0.3) is 17.2 Å². The molecular weight excluding hydrogens is 399 g/mol. The van der Waals surface area contributed by atoms with E-state index in [1.54, 1.807) is 17.3 Å². The van der Waals surface area contributed by atoms with E-state index in [0.29, 0.717) is 41.2 Å². The van der Waals surface area contributed by atoms with Gasteiger partial charge in [0.1, 0.15) is 17.8 Å². The molecule has 2 aliphatic heterocycles. The van der Waals surface area contributed by atoms with Gasteiger partial charge in [0.2, 0.25) is 17.6 Å². The lowest BCUT2D eigenvalue weighted by molar-refractivity contribution is -0.120. The van der Waals surface area contributed by atoms with Gasteiger partial charge in [-0.3, -0.25) is 14.3 Å². The van der Waals surface area contributed by atoms with Crippen molar-refractivity contribution in [1.82, 2.24) is 24.6 Å². The second kappa shape index (κ2) is 6.98. The molecule has 9 heteroatoms. The normalized spacial score (nSPS) is 20.7. The number of nitrogens with zero attached hydrogens (tertiary/aromatic N) is 6. The molecule has 1 saturated heterocycles. The fraction of sp³-hybridized carbons (Fsp3) is 0.455. The number of hydrogen-bond acceptors (Lipinski definition) is 6. The highest BCUT2D eigenvalue weighted by molar-refractivity contribution is 5.98. The van der Waals surface area contributed by atoms with E-state index in [-0.39, 0.29) is 17.8 Å². The molecule has 0 unspecified atom stereocenters. The predicted molar refractivity (Wildman–Crippen MR) is 110 cm³/mol. The maximum atomic E-state index is 14.2. The van der Waals surface area contributed by atoms with E-state index in [1.807, 2.05) is 11.5 Å². The average molecular weight is 422 g/mol. The maximum Gasteiger partial charge on any atom is 0.241 e. The Balaban J connectivity index is 1.44. The van der Waals surface area contributed by atoms with Gasteiger partial charge in [0, 0.05) is 5.92 Å². The van der Waals surface area contributed by atoms with E-state index in [2.05, 4.69) is 20.0 Å². The summed E-state index contributed by atoms with van der Waals surface area (Å²) in [6.07, 6.45) is 6.03. The molecule has 3 aromatic rings. The Morgan fingerprint density at radius 1 is 1.23 bits per heavy atom. The van der Waals surface area contributed by atoms with Crippen LogP contribution in [-0.2, 0) is 4.79 Å². The van der Waals surface area contributed by atoms with Gasteiger partial charge in [0.25, 0.3) is 0 Å². The number of imidazole rings is 1. The SMILES string of the molecule is C[C@@H]1c2c(-c3noc(C4CC4)n3)ncn2-c2ccc(F)cc2N1C(=O)CN1CCCC1. The predicted octanol–water partition coefficient (Wildman–Crippen LogP) is 3.44. The van der Waals surface area contributed by atoms with Crippen molar-refractivity contribution < 1.29 is 13.7 Å². The topological polar surface area (TPSA) is 80.3 Å². The first-order chi connectivity index (χ1) is 15.1. The van der Waals surface area contributed by atoms with Gasteiger partial charge >= 0.3 is 0 Å². The largest absolute Gasteiger partial charge is 0.339 e. The number of benzene rings is 1. The Labute approximate surface area is 178 Å². The van der Waals surface area contributed by atoms with E-state index in [9.17, 15) is 9.18 Å². The second-order valence-corrected chi connectivity index (χ2v) is 8.63. The molecule has 0 spiro atoms. The molecule has 1 saturated carbocycles. The fourth-order valence-corrected chi connectivity index (χ4v) is 4.73. The van der Waals surface area contributed by atoms with Crippen LogP contribution >= 0.6 is 0 Å². The molecule has 1 atom stereocenters. The molecule has 0 N–H and O–H groups in total. The third-order valence-electron chi connectivity index (χ3n) is 6.45. The Morgan fingerprint density at radius 2 is 2.03 bits per heavy atom. The summed E-state index contributed by atoms with van der Waals surface area (Å²) in [6, 6.07) is 4.16. The molecule has 0 bridgehead atoms. The summed E-state index contributed by atoms with van der Waals surface area (Å²) in [6.45, 7) is 4.09. The number of amides is 1. The van der Waals surface area contributed by atoms with E-state index < -0.39 is 0 Å². The molecule has 1 aliphatic carbocycles. The van der Waals surface area contributed by atoms with E-state index in [4.69, 9.17) is 4.52 Å². The number of carbonyl (C=O) groups is 1. The van der Waals surface area contributed by atoms with Crippen LogP contribution in [0.3, 0.4) is 0 Å². The third-order valence-corrected chi connectivity index (χ3v) is 6.45. The third kappa shape index (κ3) is 3.06. The summed E-state index contributed by atoms with van der Waals surface area (Å²) < 4.78 is 21.5. The van der Waals surface area contributed by atoms with Crippen LogP contribution in [0.2, 0.25) is 0 Å². The van der Waals surface area contributed by atoms with Crippen LogP contribution < -0.4 is 4.90 Å². The quantitative estimate of drug-likeness (QED) is 0.641. The molecule has 160 valence electrons. The van der Waals surface area contributed by atoms with Crippen LogP contribution in [0.1, 0.15) is 56.2 Å². The summed E-state index contributed by atoms with van der Waals surface area (Å²) in [4.78, 5) is 26.4. The van der Waals surface area contributed by atoms with Gasteiger partial charge in [-0.25, -0.2) is 9.37 Å². The molecule has 31 heavy (non-hydrogen) atoms. The van der Waals surface area contributed by atoms with Crippen molar-refractivity contribution in [2.75, 3.05) is 24.5 Å². The highest BCUT2D eigenvalue weighted by Crippen LogP contribution is 2.43. The second-order valence-electron chi connectivity index (χ2n) is 8.63. The Bertz CT molecular complexity index is 1160. The average Bonchev–Trinajstić information content (AvgIpc) is 3.15. The van der Waals surface area contributed by atoms with E-state index in [1.165, 1.54) is 12.1 Å². The molecule has 4 heterocycles. The van der Waals surface area contributed by atoms with Crippen LogP contribution in [0.5, 0.6) is 0 Å². The number of fused-ring (bicyclic) bond motifs is 3. The maximum absolute atomic E-state index is 14.2. The number of halogens is 1. The molecular formula is C22H23FN6O2. The zero-order valence-electron chi connectivity index (χ0n) is 17.3. The monoisotopic (exact) mass is 422 g/mol. The number of aromatic nitrogens is 4. The Kier molecular flexibility index (Phi) is 4.21. The number of hydrogen-bond donors (Lipinski definition) is 0. The summed E-state index contributed by atoms with van der Waals surface area (Å²) in [5.74, 6) is 0.997. The number of anilines is 1. The van der Waals surface area contributed by atoms with Gasteiger partial charge in [-0.05, 0) is 63.9 Å². The van der Waals surface area contributed by atoms with Crippen LogP contribution in [0.4, 0.5) is 10.1 Å². The summed E-state index contributed by atoms with van der Waals surface area (Å²) in [5, 5.41) is 4.15. The summed E-state index contributed by atoms with van der Waals surface area (Å²) in [5.41, 5.74) is 2.67. The van der Waals surface area contributed by atoms with Crippen molar-refractivity contribution in [3.63, 3.8) is 0 Å². The van der Waals surface area contributed by atoms with Gasteiger partial charge in [-0.1, -0.05) is 5.16 Å². The molecule has 8 nitrogen and oxygen atoms in total. The minimum atomic E-state index is -0.374. The van der Waals surface area contributed by atoms with Crippen molar-refractivity contribution >= 4 is 11.6 Å². The summed E-state index contributed by atoms with van der Waals surface area (Å²) in [7, 11) is 0. The van der Waals surface area contributed by atoms with Crippen molar-refractivity contribution in [1.29, 1.82) is 0 Å². The first-order valence-corrected chi connectivity index (χ1v) is 10.9. The molecule has 0 radical (unpaired) electrons. The highest BCUT2D eigenvalue weighted by atomic mass is 19.1. The van der Waals surface area contributed by atoms with Crippen molar-refractivity contribution in [3.8, 4) is 17.2 Å². The minimum absolute atomic E-state index is 0.0496. The van der Waals surface area contributed by atoms with Crippen LogP contribution in [0, 0.1) is 5.82 Å².